The van der Waals surface area contributed by atoms with E-state index in [1.165, 1.54) is 11.3 Å². The molecule has 2 aromatic rings. The molecule has 21 heavy (non-hydrogen) atoms. The lowest BCUT2D eigenvalue weighted by Gasteiger charge is -2.06. The Labute approximate surface area is 128 Å². The van der Waals surface area contributed by atoms with Gasteiger partial charge in [-0.25, -0.2) is 0 Å². The van der Waals surface area contributed by atoms with Crippen molar-refractivity contribution in [2.75, 3.05) is 5.32 Å². The largest absolute Gasteiger partial charge is 0.365 e. The molecular weight excluding hydrogens is 284 g/mol. The Hall–Kier alpha value is -2.14. The Morgan fingerprint density at radius 2 is 1.81 bits per heavy atom. The standard InChI is InChI=1S/C16H18N2O2S/c1-4-12-10(3)21-16(13(12)14(17)19)18-15(20)11-7-5-9(2)6-8-11/h5-8H,4H2,1-3H3,(H2,17,19)(H,18,20). The molecule has 0 unspecified atom stereocenters. The first-order valence-electron chi connectivity index (χ1n) is 6.74. The third kappa shape index (κ3) is 3.13. The van der Waals surface area contributed by atoms with Crippen molar-refractivity contribution >= 4 is 28.2 Å². The highest BCUT2D eigenvalue weighted by molar-refractivity contribution is 7.16. The summed E-state index contributed by atoms with van der Waals surface area (Å²) in [7, 11) is 0. The Bertz CT molecular complexity index is 687. The quantitative estimate of drug-likeness (QED) is 0.909. The van der Waals surface area contributed by atoms with Gasteiger partial charge in [-0.15, -0.1) is 11.3 Å². The number of thiophene rings is 1. The maximum Gasteiger partial charge on any atom is 0.256 e. The van der Waals surface area contributed by atoms with Crippen LogP contribution >= 0.6 is 11.3 Å². The van der Waals surface area contributed by atoms with Gasteiger partial charge in [0, 0.05) is 10.4 Å². The summed E-state index contributed by atoms with van der Waals surface area (Å²) in [5, 5.41) is 3.33. The minimum atomic E-state index is -0.504. The fourth-order valence-electron chi connectivity index (χ4n) is 2.23. The van der Waals surface area contributed by atoms with Gasteiger partial charge in [0.2, 0.25) is 0 Å². The maximum atomic E-state index is 12.3. The zero-order chi connectivity index (χ0) is 15.6. The van der Waals surface area contributed by atoms with E-state index in [1.54, 1.807) is 12.1 Å². The molecule has 0 radical (unpaired) electrons. The Morgan fingerprint density at radius 1 is 1.19 bits per heavy atom. The molecule has 110 valence electrons. The van der Waals surface area contributed by atoms with Gasteiger partial charge in [0.05, 0.1) is 5.56 Å². The lowest BCUT2D eigenvalue weighted by molar-refractivity contribution is 0.100. The van der Waals surface area contributed by atoms with Crippen LogP contribution in [-0.4, -0.2) is 11.8 Å². The SMILES string of the molecule is CCc1c(C)sc(NC(=O)c2ccc(C)cc2)c1C(N)=O. The number of hydrogen-bond donors (Lipinski definition) is 2. The van der Waals surface area contributed by atoms with Crippen molar-refractivity contribution in [3.63, 3.8) is 0 Å². The van der Waals surface area contributed by atoms with Gasteiger partial charge in [0.15, 0.2) is 0 Å². The summed E-state index contributed by atoms with van der Waals surface area (Å²) >= 11 is 1.39. The minimum absolute atomic E-state index is 0.235. The smallest absolute Gasteiger partial charge is 0.256 e. The molecular formula is C16H18N2O2S. The van der Waals surface area contributed by atoms with E-state index in [0.29, 0.717) is 22.5 Å². The maximum absolute atomic E-state index is 12.3. The lowest BCUT2D eigenvalue weighted by atomic mass is 10.1. The number of nitrogens with one attached hydrogen (secondary N) is 1. The summed E-state index contributed by atoms with van der Waals surface area (Å²) in [5.41, 5.74) is 8.44. The van der Waals surface area contributed by atoms with Crippen molar-refractivity contribution in [3.8, 4) is 0 Å². The summed E-state index contributed by atoms with van der Waals surface area (Å²) in [6.45, 7) is 5.85. The van der Waals surface area contributed by atoms with E-state index in [9.17, 15) is 9.59 Å². The highest BCUT2D eigenvalue weighted by Crippen LogP contribution is 2.33. The fraction of sp³-hybridized carbons (Fsp3) is 0.250. The predicted octanol–water partition coefficient (Wildman–Crippen LogP) is 3.28. The molecule has 1 aromatic heterocycles. The molecule has 2 amide bonds. The molecule has 0 atom stereocenters. The van der Waals surface area contributed by atoms with Crippen LogP contribution in [0.25, 0.3) is 0 Å². The van der Waals surface area contributed by atoms with Crippen LogP contribution in [0.15, 0.2) is 24.3 Å². The average molecular weight is 302 g/mol. The molecule has 0 saturated carbocycles. The summed E-state index contributed by atoms with van der Waals surface area (Å²) in [5.74, 6) is -0.739. The Kier molecular flexibility index (Phi) is 4.43. The van der Waals surface area contributed by atoms with Crippen LogP contribution < -0.4 is 11.1 Å². The number of anilines is 1. The van der Waals surface area contributed by atoms with E-state index in [4.69, 9.17) is 5.73 Å². The number of rotatable bonds is 4. The Balaban J connectivity index is 2.33. The second-order valence-corrected chi connectivity index (χ2v) is 6.10. The van der Waals surface area contributed by atoms with Crippen molar-refractivity contribution in [3.05, 3.63) is 51.4 Å². The van der Waals surface area contributed by atoms with Crippen LogP contribution in [-0.2, 0) is 6.42 Å². The lowest BCUT2D eigenvalue weighted by Crippen LogP contribution is -2.17. The van der Waals surface area contributed by atoms with Gasteiger partial charge >= 0.3 is 0 Å². The van der Waals surface area contributed by atoms with Crippen LogP contribution in [0.2, 0.25) is 0 Å². The first-order valence-corrected chi connectivity index (χ1v) is 7.55. The van der Waals surface area contributed by atoms with Crippen LogP contribution in [0, 0.1) is 13.8 Å². The summed E-state index contributed by atoms with van der Waals surface area (Å²) in [6.07, 6.45) is 0.709. The zero-order valence-corrected chi connectivity index (χ0v) is 13.1. The highest BCUT2D eigenvalue weighted by atomic mass is 32.1. The van der Waals surface area contributed by atoms with E-state index in [-0.39, 0.29) is 5.91 Å². The van der Waals surface area contributed by atoms with E-state index in [2.05, 4.69) is 5.32 Å². The van der Waals surface area contributed by atoms with Gasteiger partial charge < -0.3 is 11.1 Å². The van der Waals surface area contributed by atoms with Gasteiger partial charge in [-0.05, 0) is 38.0 Å². The number of carbonyl (C=O) groups excluding carboxylic acids is 2. The second kappa shape index (κ2) is 6.10. The molecule has 0 aliphatic rings. The number of primary amides is 1. The van der Waals surface area contributed by atoms with Crippen molar-refractivity contribution in [2.45, 2.75) is 27.2 Å². The molecule has 1 heterocycles. The topological polar surface area (TPSA) is 72.2 Å². The van der Waals surface area contributed by atoms with Gasteiger partial charge in [-0.1, -0.05) is 24.6 Å². The molecule has 0 bridgehead atoms. The summed E-state index contributed by atoms with van der Waals surface area (Å²) in [6, 6.07) is 7.27. The van der Waals surface area contributed by atoms with Crippen LogP contribution in [0.4, 0.5) is 5.00 Å². The van der Waals surface area contributed by atoms with Gasteiger partial charge in [0.1, 0.15) is 5.00 Å². The number of carbonyl (C=O) groups is 2. The number of nitrogens with two attached hydrogens (primary N) is 1. The number of aryl methyl sites for hydroxylation is 2. The third-order valence-corrected chi connectivity index (χ3v) is 4.41. The Morgan fingerprint density at radius 3 is 2.33 bits per heavy atom. The van der Waals surface area contributed by atoms with Gasteiger partial charge in [-0.2, -0.15) is 0 Å². The molecule has 3 N–H and O–H groups in total. The monoisotopic (exact) mass is 302 g/mol. The highest BCUT2D eigenvalue weighted by Gasteiger charge is 2.20. The van der Waals surface area contributed by atoms with Crippen LogP contribution in [0.3, 0.4) is 0 Å². The zero-order valence-electron chi connectivity index (χ0n) is 12.3. The third-order valence-electron chi connectivity index (χ3n) is 3.35. The molecule has 1 aromatic carbocycles. The second-order valence-electron chi connectivity index (χ2n) is 4.88. The van der Waals surface area contributed by atoms with E-state index < -0.39 is 5.91 Å². The average Bonchev–Trinajstić information content (AvgIpc) is 2.75. The molecule has 5 heteroatoms. The molecule has 0 fully saturated rings. The molecule has 0 aliphatic carbocycles. The fourth-order valence-corrected chi connectivity index (χ4v) is 3.38. The van der Waals surface area contributed by atoms with E-state index in [0.717, 1.165) is 16.0 Å². The molecule has 0 spiro atoms. The first kappa shape index (κ1) is 15.3. The summed E-state index contributed by atoms with van der Waals surface area (Å²) < 4.78 is 0. The number of hydrogen-bond acceptors (Lipinski definition) is 3. The van der Waals surface area contributed by atoms with Crippen molar-refractivity contribution < 1.29 is 9.59 Å². The normalized spacial score (nSPS) is 10.4. The summed E-state index contributed by atoms with van der Waals surface area (Å²) in [4.78, 5) is 24.9. The van der Waals surface area contributed by atoms with Gasteiger partial charge in [0.25, 0.3) is 11.8 Å². The van der Waals surface area contributed by atoms with Crippen molar-refractivity contribution in [1.82, 2.24) is 0 Å². The van der Waals surface area contributed by atoms with Crippen molar-refractivity contribution in [1.29, 1.82) is 0 Å². The molecule has 4 nitrogen and oxygen atoms in total. The molecule has 2 rings (SSSR count). The predicted molar refractivity (Wildman–Crippen MR) is 86.1 cm³/mol. The van der Waals surface area contributed by atoms with E-state index >= 15 is 0 Å². The molecule has 0 aliphatic heterocycles. The first-order chi connectivity index (χ1) is 9.93. The van der Waals surface area contributed by atoms with Crippen molar-refractivity contribution in [2.24, 2.45) is 5.73 Å². The molecule has 0 saturated heterocycles. The number of benzene rings is 1. The van der Waals surface area contributed by atoms with E-state index in [1.807, 2.05) is 32.9 Å². The minimum Gasteiger partial charge on any atom is -0.365 e. The van der Waals surface area contributed by atoms with Crippen LogP contribution in [0.1, 0.15) is 43.6 Å². The van der Waals surface area contributed by atoms with Gasteiger partial charge in [-0.3, -0.25) is 9.59 Å². The number of amides is 2. The van der Waals surface area contributed by atoms with Crippen LogP contribution in [0.5, 0.6) is 0 Å².